The Bertz CT molecular complexity index is 352. The van der Waals surface area contributed by atoms with Crippen molar-refractivity contribution in [1.82, 2.24) is 0 Å². The van der Waals surface area contributed by atoms with E-state index in [0.717, 1.165) is 6.42 Å². The number of allylic oxidation sites excluding steroid dienone is 4. The molecule has 16 heavy (non-hydrogen) atoms. The fraction of sp³-hybridized carbons (Fsp3) is 0.375. The Kier molecular flexibility index (Phi) is 5.63. The maximum absolute atomic E-state index is 2.35. The van der Waals surface area contributed by atoms with Gasteiger partial charge in [0.25, 0.3) is 0 Å². The van der Waals surface area contributed by atoms with Gasteiger partial charge in [-0.1, -0.05) is 61.9 Å². The number of benzene rings is 1. The van der Waals surface area contributed by atoms with E-state index in [4.69, 9.17) is 0 Å². The number of aryl methyl sites for hydroxylation is 1. The second-order valence-electron chi connectivity index (χ2n) is 3.92. The van der Waals surface area contributed by atoms with Crippen LogP contribution in [0.1, 0.15) is 37.8 Å². The van der Waals surface area contributed by atoms with Crippen LogP contribution in [0.2, 0.25) is 0 Å². The first kappa shape index (κ1) is 12.8. The van der Waals surface area contributed by atoms with Gasteiger partial charge in [-0.3, -0.25) is 0 Å². The van der Waals surface area contributed by atoms with E-state index in [1.54, 1.807) is 0 Å². The van der Waals surface area contributed by atoms with E-state index in [0.29, 0.717) is 0 Å². The first-order valence-corrected chi connectivity index (χ1v) is 6.26. The van der Waals surface area contributed by atoms with Crippen molar-refractivity contribution < 1.29 is 0 Å². The molecular formula is C16H22. The molecule has 1 aromatic rings. The molecule has 0 amide bonds. The molecule has 0 atom stereocenters. The van der Waals surface area contributed by atoms with Crippen molar-refractivity contribution in [3.63, 3.8) is 0 Å². The zero-order valence-corrected chi connectivity index (χ0v) is 10.7. The lowest BCUT2D eigenvalue weighted by Crippen LogP contribution is -1.91. The quantitative estimate of drug-likeness (QED) is 0.661. The van der Waals surface area contributed by atoms with Gasteiger partial charge in [-0.15, -0.1) is 0 Å². The van der Waals surface area contributed by atoms with Crippen molar-refractivity contribution in [1.29, 1.82) is 0 Å². The molecule has 0 saturated heterocycles. The third kappa shape index (κ3) is 4.06. The molecule has 0 bridgehead atoms. The van der Waals surface area contributed by atoms with E-state index in [-0.39, 0.29) is 0 Å². The van der Waals surface area contributed by atoms with Crippen LogP contribution < -0.4 is 0 Å². The average Bonchev–Trinajstić information content (AvgIpc) is 2.36. The van der Waals surface area contributed by atoms with Crippen LogP contribution in [0.4, 0.5) is 0 Å². The van der Waals surface area contributed by atoms with Gasteiger partial charge in [0, 0.05) is 0 Å². The highest BCUT2D eigenvalue weighted by Crippen LogP contribution is 2.15. The van der Waals surface area contributed by atoms with Crippen LogP contribution in [0.3, 0.4) is 0 Å². The summed E-state index contributed by atoms with van der Waals surface area (Å²) in [6.45, 7) is 6.13. The number of rotatable bonds is 2. The Labute approximate surface area is 99.7 Å². The minimum absolute atomic E-state index is 1.08. The minimum Gasteiger partial charge on any atom is -0.0840 e. The second-order valence-corrected chi connectivity index (χ2v) is 3.92. The molecule has 86 valence electrons. The molecule has 0 aliphatic heterocycles. The Balaban J connectivity index is 0.000000606. The maximum atomic E-state index is 2.35. The molecule has 2 rings (SSSR count). The molecule has 0 spiro atoms. The van der Waals surface area contributed by atoms with Crippen LogP contribution >= 0.6 is 0 Å². The van der Waals surface area contributed by atoms with Crippen molar-refractivity contribution in [2.24, 2.45) is 0 Å². The average molecular weight is 214 g/mol. The first-order valence-electron chi connectivity index (χ1n) is 6.26. The fourth-order valence-corrected chi connectivity index (χ4v) is 1.74. The summed E-state index contributed by atoms with van der Waals surface area (Å²) in [5, 5.41) is 0. The van der Waals surface area contributed by atoms with Crippen LogP contribution in [-0.2, 0) is 6.42 Å². The third-order valence-electron chi connectivity index (χ3n) is 2.60. The van der Waals surface area contributed by atoms with Crippen molar-refractivity contribution in [3.8, 4) is 0 Å². The van der Waals surface area contributed by atoms with Crippen molar-refractivity contribution in [2.75, 3.05) is 0 Å². The molecule has 0 heterocycles. The fourth-order valence-electron chi connectivity index (χ4n) is 1.74. The summed E-state index contributed by atoms with van der Waals surface area (Å²) in [6, 6.07) is 8.81. The predicted molar refractivity (Wildman–Crippen MR) is 72.7 cm³/mol. The van der Waals surface area contributed by atoms with Crippen molar-refractivity contribution >= 4 is 0 Å². The van der Waals surface area contributed by atoms with E-state index in [1.807, 2.05) is 13.8 Å². The highest BCUT2D eigenvalue weighted by molar-refractivity contribution is 5.31. The molecule has 0 nitrogen and oxygen atoms in total. The highest BCUT2D eigenvalue weighted by atomic mass is 14.0. The molecule has 0 unspecified atom stereocenters. The summed E-state index contributed by atoms with van der Waals surface area (Å²) in [4.78, 5) is 0. The van der Waals surface area contributed by atoms with Gasteiger partial charge in [0.2, 0.25) is 0 Å². The molecule has 0 radical (unpaired) electrons. The molecule has 0 aromatic heterocycles. The lowest BCUT2D eigenvalue weighted by atomic mass is 9.99. The van der Waals surface area contributed by atoms with E-state index in [2.05, 4.69) is 49.4 Å². The van der Waals surface area contributed by atoms with Gasteiger partial charge in [0.1, 0.15) is 0 Å². The standard InChI is InChI=1S/C14H16.C2H6/c1-12-7-9-14(10-8-12)11-13-5-3-2-4-6-13;1-2/h3,5-10H,2,4,11H2,1H3;1-2H3. The van der Waals surface area contributed by atoms with E-state index in [1.165, 1.54) is 29.5 Å². The largest absolute Gasteiger partial charge is 0.0840 e. The van der Waals surface area contributed by atoms with Gasteiger partial charge in [-0.05, 0) is 37.3 Å². The van der Waals surface area contributed by atoms with Crippen LogP contribution in [0.5, 0.6) is 0 Å². The third-order valence-corrected chi connectivity index (χ3v) is 2.60. The van der Waals surface area contributed by atoms with Crippen LogP contribution in [-0.4, -0.2) is 0 Å². The minimum atomic E-state index is 1.08. The molecule has 0 saturated carbocycles. The first-order chi connectivity index (χ1) is 7.84. The van der Waals surface area contributed by atoms with Gasteiger partial charge in [0.15, 0.2) is 0 Å². The predicted octanol–water partition coefficient (Wildman–Crippen LogP) is 4.84. The molecule has 1 aliphatic carbocycles. The molecule has 1 aliphatic rings. The lowest BCUT2D eigenvalue weighted by Gasteiger charge is -2.07. The maximum Gasteiger partial charge on any atom is -0.00290 e. The van der Waals surface area contributed by atoms with Crippen molar-refractivity contribution in [3.05, 3.63) is 59.2 Å². The normalized spacial score (nSPS) is 13.8. The number of hydrogen-bond donors (Lipinski definition) is 0. The van der Waals surface area contributed by atoms with Crippen LogP contribution in [0.15, 0.2) is 48.1 Å². The van der Waals surface area contributed by atoms with Crippen molar-refractivity contribution in [2.45, 2.75) is 40.0 Å². The van der Waals surface area contributed by atoms with Gasteiger partial charge >= 0.3 is 0 Å². The van der Waals surface area contributed by atoms with Gasteiger partial charge < -0.3 is 0 Å². The highest BCUT2D eigenvalue weighted by Gasteiger charge is 1.98. The Hall–Kier alpha value is -1.30. The van der Waals surface area contributed by atoms with Crippen LogP contribution in [0.25, 0.3) is 0 Å². The van der Waals surface area contributed by atoms with Gasteiger partial charge in [0.05, 0.1) is 0 Å². The lowest BCUT2D eigenvalue weighted by molar-refractivity contribution is 0.994. The Morgan fingerprint density at radius 2 is 1.69 bits per heavy atom. The molecular weight excluding hydrogens is 192 g/mol. The summed E-state index contributed by atoms with van der Waals surface area (Å²) in [5.41, 5.74) is 4.20. The summed E-state index contributed by atoms with van der Waals surface area (Å²) < 4.78 is 0. The second kappa shape index (κ2) is 7.05. The number of hydrogen-bond acceptors (Lipinski definition) is 0. The van der Waals surface area contributed by atoms with E-state index < -0.39 is 0 Å². The zero-order chi connectivity index (χ0) is 11.8. The summed E-state index contributed by atoms with van der Waals surface area (Å²) in [6.07, 6.45) is 10.4. The zero-order valence-electron chi connectivity index (χ0n) is 10.7. The van der Waals surface area contributed by atoms with Gasteiger partial charge in [-0.25, -0.2) is 0 Å². The summed E-state index contributed by atoms with van der Waals surface area (Å²) in [5.74, 6) is 0. The van der Waals surface area contributed by atoms with Gasteiger partial charge in [-0.2, -0.15) is 0 Å². The topological polar surface area (TPSA) is 0 Å². The van der Waals surface area contributed by atoms with E-state index in [9.17, 15) is 0 Å². The summed E-state index contributed by atoms with van der Waals surface area (Å²) >= 11 is 0. The molecule has 0 fully saturated rings. The van der Waals surface area contributed by atoms with Crippen LogP contribution in [0, 0.1) is 6.92 Å². The van der Waals surface area contributed by atoms with E-state index >= 15 is 0 Å². The molecule has 0 N–H and O–H groups in total. The summed E-state index contributed by atoms with van der Waals surface area (Å²) in [7, 11) is 0. The SMILES string of the molecule is CC.Cc1ccc(CC2=CCCC=C2)cc1. The Morgan fingerprint density at radius 3 is 2.25 bits per heavy atom. The molecule has 1 aromatic carbocycles. The Morgan fingerprint density at radius 1 is 1.00 bits per heavy atom. The molecule has 0 heteroatoms. The monoisotopic (exact) mass is 214 g/mol. The smallest absolute Gasteiger partial charge is 0.00290 e.